The van der Waals surface area contributed by atoms with Crippen molar-refractivity contribution in [1.29, 1.82) is 0 Å². The molecule has 0 spiro atoms. The predicted octanol–water partition coefficient (Wildman–Crippen LogP) is 21.0. The lowest BCUT2D eigenvalue weighted by atomic mass is 10.0. The van der Waals surface area contributed by atoms with E-state index < -0.39 is 20.0 Å². The van der Waals surface area contributed by atoms with Gasteiger partial charge in [0.15, 0.2) is 0 Å². The maximum atomic E-state index is 13.6. The fraction of sp³-hybridized carbons (Fsp3) is 0.857. The van der Waals surface area contributed by atoms with Gasteiger partial charge in [-0.2, -0.15) is 0 Å². The van der Waals surface area contributed by atoms with Crippen LogP contribution in [0.25, 0.3) is 0 Å². The number of hydrogen-bond acceptors (Lipinski definition) is 7. The number of carbonyl (C=O) groups excluding carboxylic acids is 2. The lowest BCUT2D eigenvalue weighted by molar-refractivity contribution is -0.870. The van der Waals surface area contributed by atoms with Crippen LogP contribution in [0.3, 0.4) is 0 Å². The molecule has 1 amide bonds. The zero-order chi connectivity index (χ0) is 58.6. The molecular formula is C70H133N2O7P. The first-order chi connectivity index (χ1) is 38.9. The van der Waals surface area contributed by atoms with Crippen molar-refractivity contribution < 1.29 is 37.3 Å². The van der Waals surface area contributed by atoms with Crippen LogP contribution in [0, 0.1) is 0 Å². The van der Waals surface area contributed by atoms with Crippen molar-refractivity contribution in [2.24, 2.45) is 0 Å². The summed E-state index contributed by atoms with van der Waals surface area (Å²) in [6.07, 6.45) is 75.1. The van der Waals surface area contributed by atoms with Crippen LogP contribution in [0.1, 0.15) is 335 Å². The average Bonchev–Trinajstić information content (AvgIpc) is 3.42. The Morgan fingerprint density at radius 2 is 0.762 bits per heavy atom. The van der Waals surface area contributed by atoms with Gasteiger partial charge in [0.05, 0.1) is 33.8 Å². The second-order valence-electron chi connectivity index (χ2n) is 24.7. The molecule has 3 atom stereocenters. The number of quaternary nitrogens is 1. The molecule has 1 N–H and O–H groups in total. The van der Waals surface area contributed by atoms with E-state index in [2.05, 4.69) is 62.5 Å². The Labute approximate surface area is 497 Å². The van der Waals surface area contributed by atoms with Gasteiger partial charge in [-0.05, 0) is 70.3 Å². The number of allylic oxidation sites excluding steroid dienone is 7. The molecule has 0 fully saturated rings. The maximum absolute atomic E-state index is 13.6. The molecule has 3 unspecified atom stereocenters. The van der Waals surface area contributed by atoms with Gasteiger partial charge in [-0.15, -0.1) is 0 Å². The summed E-state index contributed by atoms with van der Waals surface area (Å²) >= 11 is 0. The second kappa shape index (κ2) is 60.1. The van der Waals surface area contributed by atoms with Crippen molar-refractivity contribution in [2.75, 3.05) is 40.9 Å². The molecule has 0 aromatic carbocycles. The molecule has 80 heavy (non-hydrogen) atoms. The Balaban J connectivity index is 5.11. The minimum Gasteiger partial charge on any atom is -0.756 e. The average molecular weight is 1150 g/mol. The number of unbranched alkanes of at least 4 members (excludes halogenated alkanes) is 41. The molecule has 0 rings (SSSR count). The van der Waals surface area contributed by atoms with Gasteiger partial charge in [-0.1, -0.05) is 301 Å². The topological polar surface area (TPSA) is 114 Å². The first-order valence-corrected chi connectivity index (χ1v) is 35.9. The zero-order valence-electron chi connectivity index (χ0n) is 53.8. The van der Waals surface area contributed by atoms with Crippen LogP contribution in [-0.4, -0.2) is 69.4 Å². The Morgan fingerprint density at radius 3 is 1.16 bits per heavy atom. The number of carbonyl (C=O) groups is 2. The highest BCUT2D eigenvalue weighted by Gasteiger charge is 2.27. The largest absolute Gasteiger partial charge is 0.756 e. The van der Waals surface area contributed by atoms with E-state index in [1.165, 1.54) is 225 Å². The summed E-state index contributed by atoms with van der Waals surface area (Å²) in [5.74, 6) is -0.530. The monoisotopic (exact) mass is 1140 g/mol. The second-order valence-corrected chi connectivity index (χ2v) is 26.1. The molecule has 10 heteroatoms. The number of nitrogens with one attached hydrogen (secondary N) is 1. The van der Waals surface area contributed by atoms with Gasteiger partial charge in [0.2, 0.25) is 5.91 Å². The minimum absolute atomic E-state index is 0.0216. The van der Waals surface area contributed by atoms with E-state index in [9.17, 15) is 19.0 Å². The molecule has 0 saturated carbocycles. The summed E-state index contributed by atoms with van der Waals surface area (Å²) in [5.41, 5.74) is 0. The Hall–Kier alpha value is -2.03. The fourth-order valence-corrected chi connectivity index (χ4v) is 10.9. The highest BCUT2D eigenvalue weighted by molar-refractivity contribution is 7.45. The van der Waals surface area contributed by atoms with E-state index in [0.29, 0.717) is 17.4 Å². The van der Waals surface area contributed by atoms with Crippen molar-refractivity contribution in [3.63, 3.8) is 0 Å². The quantitative estimate of drug-likeness (QED) is 0.0212. The number of ether oxygens (including phenoxy) is 1. The number of phosphoric acid groups is 1. The van der Waals surface area contributed by atoms with Crippen LogP contribution in [0.15, 0.2) is 48.6 Å². The normalized spacial score (nSPS) is 13.8. The van der Waals surface area contributed by atoms with Crippen molar-refractivity contribution in [3.05, 3.63) is 48.6 Å². The third-order valence-corrected chi connectivity index (χ3v) is 16.5. The maximum Gasteiger partial charge on any atom is 0.306 e. The first kappa shape index (κ1) is 78.0. The number of rotatable bonds is 63. The molecule has 0 aliphatic heterocycles. The number of esters is 1. The van der Waals surface area contributed by atoms with Crippen molar-refractivity contribution in [1.82, 2.24) is 5.32 Å². The van der Waals surface area contributed by atoms with Crippen LogP contribution in [0.2, 0.25) is 0 Å². The molecule has 0 aliphatic rings. The summed E-state index contributed by atoms with van der Waals surface area (Å²) < 4.78 is 30.4. The molecule has 9 nitrogen and oxygen atoms in total. The van der Waals surface area contributed by atoms with Crippen LogP contribution < -0.4 is 10.2 Å². The molecule has 470 valence electrons. The lowest BCUT2D eigenvalue weighted by Crippen LogP contribution is -2.47. The van der Waals surface area contributed by atoms with Gasteiger partial charge in [-0.25, -0.2) is 0 Å². The molecule has 0 aliphatic carbocycles. The Morgan fingerprint density at radius 1 is 0.438 bits per heavy atom. The highest BCUT2D eigenvalue weighted by atomic mass is 31.2. The summed E-state index contributed by atoms with van der Waals surface area (Å²) in [5, 5.41) is 3.04. The number of likely N-dealkylation sites (N-methyl/N-ethyl adjacent to an activating group) is 1. The molecule has 0 saturated heterocycles. The zero-order valence-corrected chi connectivity index (χ0v) is 54.7. The summed E-state index contributed by atoms with van der Waals surface area (Å²) in [6.45, 7) is 6.86. The van der Waals surface area contributed by atoms with Gasteiger partial charge < -0.3 is 28.5 Å². The molecular weight excluding hydrogens is 1010 g/mol. The summed E-state index contributed by atoms with van der Waals surface area (Å²) in [6, 6.07) is -0.889. The minimum atomic E-state index is -4.70. The number of phosphoric ester groups is 1. The van der Waals surface area contributed by atoms with E-state index in [0.717, 1.165) is 77.0 Å². The van der Waals surface area contributed by atoms with E-state index in [4.69, 9.17) is 13.8 Å². The smallest absolute Gasteiger partial charge is 0.306 e. The van der Waals surface area contributed by atoms with E-state index in [-0.39, 0.29) is 31.5 Å². The van der Waals surface area contributed by atoms with Crippen LogP contribution in [0.4, 0.5) is 0 Å². The molecule has 0 radical (unpaired) electrons. The SMILES string of the molecule is CCCCC/C=C\C/C=C\C/C=C\CCCCCCCCCCCCC(=O)NC(COP(=O)([O-])OCC[N+](C)(C)C)C(/C=C/CCCCCCCCCCCC)OC(=O)CCCCCCCCCCCCCCCCCCCCC. The van der Waals surface area contributed by atoms with Gasteiger partial charge in [0, 0.05) is 12.8 Å². The fourth-order valence-electron chi connectivity index (χ4n) is 10.2. The third-order valence-electron chi connectivity index (χ3n) is 15.5. The van der Waals surface area contributed by atoms with Gasteiger partial charge in [-0.3, -0.25) is 14.2 Å². The molecule has 0 bridgehead atoms. The molecule has 0 aromatic rings. The van der Waals surface area contributed by atoms with E-state index >= 15 is 0 Å². The molecule has 0 heterocycles. The Kier molecular flexibility index (Phi) is 58.6. The number of amides is 1. The number of nitrogens with zero attached hydrogens (tertiary/aromatic N) is 1. The van der Waals surface area contributed by atoms with Crippen molar-refractivity contribution >= 4 is 19.7 Å². The van der Waals surface area contributed by atoms with Gasteiger partial charge in [0.25, 0.3) is 7.82 Å². The van der Waals surface area contributed by atoms with Crippen molar-refractivity contribution in [2.45, 2.75) is 348 Å². The standard InChI is InChI=1S/C70H133N2O7P/c1-7-10-13-16-19-22-25-28-30-32-34-35-36-37-39-40-42-44-47-50-53-56-59-62-69(73)71-67(66-78-80(75,76)77-65-64-72(4,5)6)68(61-58-55-52-49-46-27-24-21-18-15-12-9-3)79-70(74)63-60-57-54-51-48-45-43-41-38-33-31-29-26-23-20-17-14-11-8-2/h19,22,28,30,34-35,58,61,67-68H,7-18,20-21,23-27,29,31-33,36-57,59-60,62-66H2,1-6H3,(H-,71,73,75,76)/b22-19-,30-28-,35-34-,61-58+. The van der Waals surface area contributed by atoms with Crippen LogP contribution in [0.5, 0.6) is 0 Å². The van der Waals surface area contributed by atoms with Gasteiger partial charge >= 0.3 is 5.97 Å². The van der Waals surface area contributed by atoms with E-state index in [1.54, 1.807) is 0 Å². The van der Waals surface area contributed by atoms with Crippen LogP contribution >= 0.6 is 7.82 Å². The third kappa shape index (κ3) is 60.6. The lowest BCUT2D eigenvalue weighted by Gasteiger charge is -2.30. The first-order valence-electron chi connectivity index (χ1n) is 34.4. The predicted molar refractivity (Wildman–Crippen MR) is 344 cm³/mol. The van der Waals surface area contributed by atoms with Crippen LogP contribution in [-0.2, 0) is 27.9 Å². The van der Waals surface area contributed by atoms with E-state index in [1.807, 2.05) is 33.3 Å². The Bertz CT molecular complexity index is 1510. The highest BCUT2D eigenvalue weighted by Crippen LogP contribution is 2.38. The summed E-state index contributed by atoms with van der Waals surface area (Å²) in [7, 11) is 1.19. The van der Waals surface area contributed by atoms with Gasteiger partial charge in [0.1, 0.15) is 19.3 Å². The number of hydrogen-bond donors (Lipinski definition) is 1. The molecule has 0 aromatic heterocycles. The van der Waals surface area contributed by atoms with Crippen molar-refractivity contribution in [3.8, 4) is 0 Å². The summed E-state index contributed by atoms with van der Waals surface area (Å²) in [4.78, 5) is 40.1.